The van der Waals surface area contributed by atoms with Gasteiger partial charge in [-0.15, -0.1) is 0 Å². The molecule has 3 aliphatic rings. The van der Waals surface area contributed by atoms with Crippen molar-refractivity contribution < 1.29 is 19.5 Å². The molecule has 3 N–H and O–H groups in total. The number of hydrogen-bond acceptors (Lipinski definition) is 5. The minimum atomic E-state index is -1.21. The summed E-state index contributed by atoms with van der Waals surface area (Å²) < 4.78 is 0. The van der Waals surface area contributed by atoms with Crippen molar-refractivity contribution in [3.63, 3.8) is 0 Å². The maximum atomic E-state index is 12.8. The quantitative estimate of drug-likeness (QED) is 0.694. The van der Waals surface area contributed by atoms with E-state index in [0.29, 0.717) is 28.6 Å². The van der Waals surface area contributed by atoms with Crippen LogP contribution in [0.15, 0.2) is 30.1 Å². The number of fused-ring (bicyclic) bond motifs is 1. The van der Waals surface area contributed by atoms with E-state index in [0.717, 1.165) is 0 Å². The fourth-order valence-corrected chi connectivity index (χ4v) is 3.94. The first kappa shape index (κ1) is 17.9. The van der Waals surface area contributed by atoms with Crippen LogP contribution < -0.4 is 15.5 Å². The van der Waals surface area contributed by atoms with E-state index in [1.54, 1.807) is 30.0 Å². The summed E-state index contributed by atoms with van der Waals surface area (Å²) in [5.74, 6) is -1.82. The first-order valence-electron chi connectivity index (χ1n) is 8.33. The van der Waals surface area contributed by atoms with Crippen LogP contribution in [0.4, 0.5) is 5.69 Å². The van der Waals surface area contributed by atoms with Crippen LogP contribution >= 0.6 is 23.2 Å². The molecule has 1 unspecified atom stereocenters. The van der Waals surface area contributed by atoms with E-state index in [9.17, 15) is 19.5 Å². The summed E-state index contributed by atoms with van der Waals surface area (Å²) in [4.78, 5) is 39.9. The molecule has 0 bridgehead atoms. The zero-order chi connectivity index (χ0) is 19.5. The van der Waals surface area contributed by atoms with Crippen LogP contribution in [0.2, 0.25) is 10.0 Å². The molecule has 2 atom stereocenters. The van der Waals surface area contributed by atoms with Crippen molar-refractivity contribution in [1.29, 1.82) is 0 Å². The molecule has 2 amide bonds. The summed E-state index contributed by atoms with van der Waals surface area (Å²) >= 11 is 12.1. The van der Waals surface area contributed by atoms with Gasteiger partial charge in [0, 0.05) is 16.2 Å². The molecule has 0 spiro atoms. The molecular weight excluding hydrogens is 395 g/mol. The Morgan fingerprint density at radius 3 is 2.44 bits per heavy atom. The second-order valence-electron chi connectivity index (χ2n) is 6.83. The van der Waals surface area contributed by atoms with Crippen molar-refractivity contribution in [3.8, 4) is 0 Å². The lowest BCUT2D eigenvalue weighted by molar-refractivity contribution is -0.142. The molecule has 1 aliphatic carbocycles. The minimum Gasteiger partial charge on any atom is -0.480 e. The Morgan fingerprint density at radius 2 is 1.89 bits per heavy atom. The fourth-order valence-electron chi connectivity index (χ4n) is 3.43. The van der Waals surface area contributed by atoms with E-state index in [2.05, 4.69) is 10.6 Å². The van der Waals surface area contributed by atoms with Crippen LogP contribution in [0.1, 0.15) is 19.8 Å². The van der Waals surface area contributed by atoms with E-state index in [-0.39, 0.29) is 11.6 Å². The predicted molar refractivity (Wildman–Crippen MR) is 98.0 cm³/mol. The Kier molecular flexibility index (Phi) is 4.01. The topological polar surface area (TPSA) is 102 Å². The molecule has 142 valence electrons. The van der Waals surface area contributed by atoms with Crippen LogP contribution in [0, 0.1) is 0 Å². The van der Waals surface area contributed by atoms with Crippen molar-refractivity contribution >= 4 is 46.7 Å². The van der Waals surface area contributed by atoms with Gasteiger partial charge in [-0.3, -0.25) is 14.5 Å². The number of hydrogen-bond donors (Lipinski definition) is 3. The largest absolute Gasteiger partial charge is 0.480 e. The molecule has 1 aromatic carbocycles. The number of carbonyl (C=O) groups excluding carboxylic acids is 2. The molecule has 0 radical (unpaired) electrons. The predicted octanol–water partition coefficient (Wildman–Crippen LogP) is 1.49. The number of carboxylic acids is 1. The smallest absolute Gasteiger partial charge is 0.329 e. The highest BCUT2D eigenvalue weighted by Crippen LogP contribution is 2.38. The zero-order valence-electron chi connectivity index (χ0n) is 14.2. The molecule has 2 aliphatic heterocycles. The number of nitrogens with one attached hydrogen (secondary N) is 2. The molecule has 0 aromatic heterocycles. The van der Waals surface area contributed by atoms with Gasteiger partial charge in [0.25, 0.3) is 11.8 Å². The third-order valence-electron chi connectivity index (χ3n) is 5.04. The average molecular weight is 411 g/mol. The number of aliphatic carboxylic acids is 1. The molecule has 1 aromatic rings. The van der Waals surface area contributed by atoms with Crippen molar-refractivity contribution in [2.45, 2.75) is 37.6 Å². The van der Waals surface area contributed by atoms with Gasteiger partial charge in [0.2, 0.25) is 0 Å². The Hall–Kier alpha value is -2.45. The fraction of sp³-hybridized carbons (Fsp3) is 0.353. The third-order valence-corrected chi connectivity index (χ3v) is 5.47. The summed E-state index contributed by atoms with van der Waals surface area (Å²) in [7, 11) is 0. The number of amides is 2. The van der Waals surface area contributed by atoms with Crippen molar-refractivity contribution in [2.75, 3.05) is 4.90 Å². The van der Waals surface area contributed by atoms with Gasteiger partial charge in [-0.1, -0.05) is 23.2 Å². The van der Waals surface area contributed by atoms with Crippen LogP contribution in [0.5, 0.6) is 0 Å². The Bertz CT molecular complexity index is 879. The summed E-state index contributed by atoms with van der Waals surface area (Å²) in [5, 5.41) is 15.6. The van der Waals surface area contributed by atoms with E-state index in [4.69, 9.17) is 23.2 Å². The molecule has 1 saturated carbocycles. The van der Waals surface area contributed by atoms with Gasteiger partial charge >= 0.3 is 5.97 Å². The van der Waals surface area contributed by atoms with Gasteiger partial charge in [0.15, 0.2) is 6.29 Å². The highest BCUT2D eigenvalue weighted by atomic mass is 35.5. The monoisotopic (exact) mass is 410 g/mol. The third kappa shape index (κ3) is 2.80. The SMILES string of the molecule is C[C@H]1C(=O)N(c2cc(Cl)cc(Cl)c2)C2NC=C(C(=O)NC3(C(=O)O)CC3)N21. The lowest BCUT2D eigenvalue weighted by Gasteiger charge is -2.27. The van der Waals surface area contributed by atoms with E-state index in [1.165, 1.54) is 11.1 Å². The molecule has 2 heterocycles. The minimum absolute atomic E-state index is 0.212. The Balaban J connectivity index is 1.60. The van der Waals surface area contributed by atoms with Gasteiger partial charge in [-0.25, -0.2) is 4.79 Å². The summed E-state index contributed by atoms with van der Waals surface area (Å²) in [6, 6.07) is 4.17. The van der Waals surface area contributed by atoms with Crippen molar-refractivity contribution in [2.24, 2.45) is 0 Å². The number of halogens is 2. The second kappa shape index (κ2) is 6.03. The first-order valence-corrected chi connectivity index (χ1v) is 9.09. The maximum Gasteiger partial charge on any atom is 0.329 e. The van der Waals surface area contributed by atoms with Gasteiger partial charge in [0.1, 0.15) is 17.3 Å². The summed E-state index contributed by atoms with van der Waals surface area (Å²) in [5.41, 5.74) is -0.490. The number of anilines is 1. The van der Waals surface area contributed by atoms with Crippen LogP contribution in [0.25, 0.3) is 0 Å². The highest BCUT2D eigenvalue weighted by molar-refractivity contribution is 6.35. The zero-order valence-corrected chi connectivity index (χ0v) is 15.7. The Morgan fingerprint density at radius 1 is 1.26 bits per heavy atom. The molecule has 4 rings (SSSR count). The lowest BCUT2D eigenvalue weighted by Crippen LogP contribution is -2.48. The van der Waals surface area contributed by atoms with Crippen LogP contribution in [-0.4, -0.2) is 45.7 Å². The molecule has 8 nitrogen and oxygen atoms in total. The summed E-state index contributed by atoms with van der Waals surface area (Å²) in [6.45, 7) is 1.68. The number of nitrogens with zero attached hydrogens (tertiary/aromatic N) is 2. The second-order valence-corrected chi connectivity index (χ2v) is 7.70. The number of carbonyl (C=O) groups is 3. The molecular formula is C17H16Cl2N4O4. The molecule has 2 fully saturated rings. The molecule has 1 saturated heterocycles. The van der Waals surface area contributed by atoms with Gasteiger partial charge in [-0.05, 0) is 38.0 Å². The Labute approximate surface area is 164 Å². The van der Waals surface area contributed by atoms with E-state index >= 15 is 0 Å². The van der Waals surface area contributed by atoms with Crippen molar-refractivity contribution in [3.05, 3.63) is 40.1 Å². The average Bonchev–Trinajstić information content (AvgIpc) is 3.17. The van der Waals surface area contributed by atoms with Crippen LogP contribution in [0.3, 0.4) is 0 Å². The molecule has 10 heteroatoms. The maximum absolute atomic E-state index is 12.8. The normalized spacial score (nSPS) is 25.0. The first-order chi connectivity index (χ1) is 12.7. The molecule has 27 heavy (non-hydrogen) atoms. The lowest BCUT2D eigenvalue weighted by atomic mass is 10.2. The number of rotatable bonds is 4. The number of carboxylic acid groups (broad SMARTS) is 1. The standard InChI is InChI=1S/C17H16Cl2N4O4/c1-8-14(25)23(11-5-9(18)4-10(19)6-11)16-20-7-12(22(8)16)13(24)21-17(2-3-17)15(26)27/h4-8,16,20H,2-3H2,1H3,(H,21,24)(H,26,27)/t8-,16?/m0/s1. The van der Waals surface area contributed by atoms with E-state index in [1.807, 2.05) is 0 Å². The van der Waals surface area contributed by atoms with Gasteiger partial charge in [-0.2, -0.15) is 0 Å². The summed E-state index contributed by atoms with van der Waals surface area (Å²) in [6.07, 6.45) is 1.64. The van der Waals surface area contributed by atoms with Crippen molar-refractivity contribution in [1.82, 2.24) is 15.5 Å². The van der Waals surface area contributed by atoms with Gasteiger partial charge in [0.05, 0.1) is 5.69 Å². The van der Waals surface area contributed by atoms with Crippen LogP contribution in [-0.2, 0) is 14.4 Å². The highest BCUT2D eigenvalue weighted by Gasteiger charge is 2.54. The van der Waals surface area contributed by atoms with E-state index < -0.39 is 29.7 Å². The van der Waals surface area contributed by atoms with Gasteiger partial charge < -0.3 is 20.6 Å². The number of benzene rings is 1.